The molecule has 0 spiro atoms. The van der Waals surface area contributed by atoms with Crippen molar-refractivity contribution >= 4 is 28.1 Å². The van der Waals surface area contributed by atoms with Crippen LogP contribution in [0.1, 0.15) is 22.3 Å². The summed E-state index contributed by atoms with van der Waals surface area (Å²) < 4.78 is 0.961. The number of carbonyl (C=O) groups excluding carboxylic acids is 1. The van der Waals surface area contributed by atoms with Crippen molar-refractivity contribution in [2.75, 3.05) is 0 Å². The smallest absolute Gasteiger partial charge is 0.281 e. The second-order valence-corrected chi connectivity index (χ2v) is 7.00. The lowest BCUT2D eigenvalue weighted by molar-refractivity contribution is -0.136. The molecule has 1 amide bonds. The molecule has 0 aromatic heterocycles. The van der Waals surface area contributed by atoms with E-state index >= 15 is 0 Å². The maximum atomic E-state index is 12.9. The normalized spacial score (nSPS) is 11.5. The molecule has 5 heteroatoms. The van der Waals surface area contributed by atoms with Gasteiger partial charge in [-0.05, 0) is 35.2 Å². The number of hydrogen-bond donors (Lipinski definition) is 2. The molecular weight excluding hydrogens is 404 g/mol. The average molecular weight is 423 g/mol. The first-order valence-electron chi connectivity index (χ1n) is 8.45. The molecule has 3 aromatic rings. The van der Waals surface area contributed by atoms with Crippen molar-refractivity contribution in [3.63, 3.8) is 0 Å². The van der Waals surface area contributed by atoms with Gasteiger partial charge in [-0.15, -0.1) is 0 Å². The summed E-state index contributed by atoms with van der Waals surface area (Å²) in [6, 6.07) is 23.4. The van der Waals surface area contributed by atoms with Gasteiger partial charge in [-0.1, -0.05) is 88.7 Å². The lowest BCUT2D eigenvalue weighted by atomic mass is 9.85. The Hall–Kier alpha value is -2.76. The zero-order valence-corrected chi connectivity index (χ0v) is 16.3. The molecule has 4 nitrogen and oxygen atoms in total. The van der Waals surface area contributed by atoms with Gasteiger partial charge in [0.1, 0.15) is 0 Å². The van der Waals surface area contributed by atoms with E-state index in [-0.39, 0.29) is 0 Å². The van der Waals surface area contributed by atoms with Gasteiger partial charge in [-0.2, -0.15) is 5.10 Å². The summed E-state index contributed by atoms with van der Waals surface area (Å²) >= 11 is 3.47. The Morgan fingerprint density at radius 1 is 1.00 bits per heavy atom. The molecule has 136 valence electrons. The molecule has 0 aliphatic rings. The van der Waals surface area contributed by atoms with Crippen LogP contribution in [0, 0.1) is 6.92 Å². The van der Waals surface area contributed by atoms with Gasteiger partial charge < -0.3 is 5.11 Å². The van der Waals surface area contributed by atoms with Crippen LogP contribution in [0.25, 0.3) is 0 Å². The summed E-state index contributed by atoms with van der Waals surface area (Å²) in [5.41, 5.74) is 3.52. The summed E-state index contributed by atoms with van der Waals surface area (Å²) in [4.78, 5) is 12.9. The van der Waals surface area contributed by atoms with Gasteiger partial charge in [0.2, 0.25) is 0 Å². The van der Waals surface area contributed by atoms with Crippen LogP contribution in [0.2, 0.25) is 0 Å². The average Bonchev–Trinajstić information content (AvgIpc) is 2.71. The molecule has 0 atom stereocenters. The van der Waals surface area contributed by atoms with Gasteiger partial charge in [0, 0.05) is 4.47 Å². The van der Waals surface area contributed by atoms with E-state index in [1.54, 1.807) is 54.7 Å². The van der Waals surface area contributed by atoms with Crippen LogP contribution in [0.3, 0.4) is 0 Å². The standard InChI is InChI=1S/C22H19BrN2O2/c1-16-12-13-17(14-20(16)23)15-24-25-21(26)22(27,18-8-4-2-5-9-18)19-10-6-3-7-11-19/h2-15,27H,1H3,(H,25,26)/b24-15+. The summed E-state index contributed by atoms with van der Waals surface area (Å²) in [5, 5.41) is 15.3. The van der Waals surface area contributed by atoms with Crippen LogP contribution in [0.5, 0.6) is 0 Å². The van der Waals surface area contributed by atoms with E-state index in [9.17, 15) is 9.90 Å². The third-order valence-electron chi connectivity index (χ3n) is 4.29. The first-order chi connectivity index (χ1) is 13.0. The number of hydrogen-bond acceptors (Lipinski definition) is 3. The molecule has 0 radical (unpaired) electrons. The van der Waals surface area contributed by atoms with E-state index in [1.807, 2.05) is 37.3 Å². The Balaban J connectivity index is 1.88. The van der Waals surface area contributed by atoms with Crippen molar-refractivity contribution in [3.8, 4) is 0 Å². The minimum atomic E-state index is -1.84. The van der Waals surface area contributed by atoms with Crippen molar-refractivity contribution in [3.05, 3.63) is 106 Å². The predicted octanol–water partition coefficient (Wildman–Crippen LogP) is 4.14. The first kappa shape index (κ1) is 19.0. The number of carbonyl (C=O) groups is 1. The molecular formula is C22H19BrN2O2. The highest BCUT2D eigenvalue weighted by Gasteiger charge is 2.39. The minimum Gasteiger partial charge on any atom is -0.372 e. The highest BCUT2D eigenvalue weighted by Crippen LogP contribution is 2.29. The Morgan fingerprint density at radius 3 is 2.07 bits per heavy atom. The van der Waals surface area contributed by atoms with Crippen molar-refractivity contribution in [1.82, 2.24) is 5.43 Å². The molecule has 0 fully saturated rings. The molecule has 27 heavy (non-hydrogen) atoms. The first-order valence-corrected chi connectivity index (χ1v) is 9.24. The molecule has 0 aliphatic heterocycles. The van der Waals surface area contributed by atoms with Crippen molar-refractivity contribution < 1.29 is 9.90 Å². The molecule has 0 aliphatic carbocycles. The molecule has 3 aromatic carbocycles. The molecule has 3 rings (SSSR count). The van der Waals surface area contributed by atoms with Crippen LogP contribution in [0.15, 0.2) is 88.4 Å². The second-order valence-electron chi connectivity index (χ2n) is 6.15. The van der Waals surface area contributed by atoms with Gasteiger partial charge >= 0.3 is 0 Å². The van der Waals surface area contributed by atoms with E-state index < -0.39 is 11.5 Å². The van der Waals surface area contributed by atoms with E-state index in [2.05, 4.69) is 26.5 Å². The SMILES string of the molecule is Cc1ccc(/C=N/NC(=O)C(O)(c2ccccc2)c2ccccc2)cc1Br. The predicted molar refractivity (Wildman–Crippen MR) is 110 cm³/mol. The Kier molecular flexibility index (Phi) is 5.84. The number of aryl methyl sites for hydroxylation is 1. The van der Waals surface area contributed by atoms with Crippen molar-refractivity contribution in [2.45, 2.75) is 12.5 Å². The summed E-state index contributed by atoms with van der Waals surface area (Å²) in [5.74, 6) is -0.623. The second kappa shape index (κ2) is 8.29. The van der Waals surface area contributed by atoms with E-state index in [4.69, 9.17) is 0 Å². The van der Waals surface area contributed by atoms with Crippen LogP contribution in [0.4, 0.5) is 0 Å². The molecule has 0 bridgehead atoms. The fraction of sp³-hybridized carbons (Fsp3) is 0.0909. The fourth-order valence-electron chi connectivity index (χ4n) is 2.72. The molecule has 0 unspecified atom stereocenters. The number of halogens is 1. The zero-order valence-electron chi connectivity index (χ0n) is 14.8. The zero-order chi connectivity index (χ0) is 19.3. The van der Waals surface area contributed by atoms with E-state index in [0.29, 0.717) is 11.1 Å². The molecule has 2 N–H and O–H groups in total. The Labute approximate surface area is 166 Å². The highest BCUT2D eigenvalue weighted by atomic mass is 79.9. The minimum absolute atomic E-state index is 0.474. The number of benzene rings is 3. The summed E-state index contributed by atoms with van der Waals surface area (Å²) in [6.07, 6.45) is 1.54. The highest BCUT2D eigenvalue weighted by molar-refractivity contribution is 9.10. The number of rotatable bonds is 5. The van der Waals surface area contributed by atoms with E-state index in [0.717, 1.165) is 15.6 Å². The van der Waals surface area contributed by atoms with E-state index in [1.165, 1.54) is 0 Å². The fourth-order valence-corrected chi connectivity index (χ4v) is 3.12. The summed E-state index contributed by atoms with van der Waals surface area (Å²) in [7, 11) is 0. The van der Waals surface area contributed by atoms with Crippen LogP contribution >= 0.6 is 15.9 Å². The maximum Gasteiger partial charge on any atom is 0.281 e. The third-order valence-corrected chi connectivity index (χ3v) is 5.14. The van der Waals surface area contributed by atoms with Crippen LogP contribution < -0.4 is 5.43 Å². The molecule has 0 saturated carbocycles. The third kappa shape index (κ3) is 4.15. The van der Waals surface area contributed by atoms with Gasteiger partial charge in [0.25, 0.3) is 5.91 Å². The number of amides is 1. The number of nitrogens with one attached hydrogen (secondary N) is 1. The van der Waals surface area contributed by atoms with Gasteiger partial charge in [-0.25, -0.2) is 5.43 Å². The van der Waals surface area contributed by atoms with Gasteiger partial charge in [-0.3, -0.25) is 4.79 Å². The molecule has 0 heterocycles. The lowest BCUT2D eigenvalue weighted by Crippen LogP contribution is -2.43. The topological polar surface area (TPSA) is 61.7 Å². The number of hydrazone groups is 1. The largest absolute Gasteiger partial charge is 0.372 e. The lowest BCUT2D eigenvalue weighted by Gasteiger charge is -2.27. The van der Waals surface area contributed by atoms with Crippen molar-refractivity contribution in [1.29, 1.82) is 0 Å². The van der Waals surface area contributed by atoms with Crippen molar-refractivity contribution in [2.24, 2.45) is 5.10 Å². The Morgan fingerprint density at radius 2 is 1.56 bits per heavy atom. The maximum absolute atomic E-state index is 12.9. The number of nitrogens with zero attached hydrogens (tertiary/aromatic N) is 1. The Bertz CT molecular complexity index is 917. The monoisotopic (exact) mass is 422 g/mol. The van der Waals surface area contributed by atoms with Gasteiger partial charge in [0.15, 0.2) is 5.60 Å². The number of aliphatic hydroxyl groups is 1. The quantitative estimate of drug-likeness (QED) is 0.479. The summed E-state index contributed by atoms with van der Waals surface area (Å²) in [6.45, 7) is 1.99. The van der Waals surface area contributed by atoms with Gasteiger partial charge in [0.05, 0.1) is 6.21 Å². The van der Waals surface area contributed by atoms with Crippen LogP contribution in [-0.4, -0.2) is 17.2 Å². The molecule has 0 saturated heterocycles. The van der Waals surface area contributed by atoms with Crippen LogP contribution in [-0.2, 0) is 10.4 Å².